The fraction of sp³-hybridized carbons (Fsp3) is 0.231. The minimum absolute atomic E-state index is 0.118. The van der Waals surface area contributed by atoms with Crippen LogP contribution in [0, 0.1) is 0 Å². The number of methoxy groups -OCH3 is 1. The van der Waals surface area contributed by atoms with Crippen molar-refractivity contribution in [2.75, 3.05) is 7.11 Å². The van der Waals surface area contributed by atoms with Crippen LogP contribution in [-0.4, -0.2) is 18.4 Å². The SMILES string of the molecule is CCc1oc(C=O)nc1-c1ccc(OC)cc1. The molecule has 1 aromatic carbocycles. The molecule has 0 aliphatic heterocycles. The number of benzene rings is 1. The van der Waals surface area contributed by atoms with Crippen LogP contribution in [0.1, 0.15) is 23.4 Å². The monoisotopic (exact) mass is 231 g/mol. The topological polar surface area (TPSA) is 52.3 Å². The van der Waals surface area contributed by atoms with Gasteiger partial charge in [0.1, 0.15) is 17.2 Å². The number of carbonyl (C=O) groups is 1. The molecule has 0 amide bonds. The van der Waals surface area contributed by atoms with E-state index in [4.69, 9.17) is 9.15 Å². The third-order valence-corrected chi connectivity index (χ3v) is 2.50. The molecule has 0 fully saturated rings. The molecule has 0 saturated heterocycles. The number of nitrogens with zero attached hydrogens (tertiary/aromatic N) is 1. The average Bonchev–Trinajstić information content (AvgIpc) is 2.82. The highest BCUT2D eigenvalue weighted by Gasteiger charge is 2.12. The lowest BCUT2D eigenvalue weighted by atomic mass is 10.1. The van der Waals surface area contributed by atoms with Crippen LogP contribution in [-0.2, 0) is 6.42 Å². The molecule has 0 unspecified atom stereocenters. The molecule has 2 aromatic rings. The van der Waals surface area contributed by atoms with E-state index in [0.29, 0.717) is 12.7 Å². The second-order valence-electron chi connectivity index (χ2n) is 3.52. The molecular formula is C13H13NO3. The minimum atomic E-state index is 0.118. The third-order valence-electron chi connectivity index (χ3n) is 2.50. The summed E-state index contributed by atoms with van der Waals surface area (Å²) in [5, 5.41) is 0. The van der Waals surface area contributed by atoms with Gasteiger partial charge in [0, 0.05) is 12.0 Å². The summed E-state index contributed by atoms with van der Waals surface area (Å²) in [4.78, 5) is 14.8. The Balaban J connectivity index is 2.43. The first-order valence-corrected chi connectivity index (χ1v) is 5.37. The molecule has 0 radical (unpaired) electrons. The van der Waals surface area contributed by atoms with E-state index in [9.17, 15) is 4.79 Å². The highest BCUT2D eigenvalue weighted by Crippen LogP contribution is 2.25. The highest BCUT2D eigenvalue weighted by molar-refractivity contribution is 5.71. The quantitative estimate of drug-likeness (QED) is 0.759. The van der Waals surface area contributed by atoms with Crippen LogP contribution in [0.4, 0.5) is 0 Å². The molecule has 0 bridgehead atoms. The second-order valence-corrected chi connectivity index (χ2v) is 3.52. The molecule has 1 aromatic heterocycles. The highest BCUT2D eigenvalue weighted by atomic mass is 16.5. The molecule has 88 valence electrons. The zero-order valence-electron chi connectivity index (χ0n) is 9.77. The maximum Gasteiger partial charge on any atom is 0.260 e. The van der Waals surface area contributed by atoms with Crippen LogP contribution in [0.5, 0.6) is 5.75 Å². The van der Waals surface area contributed by atoms with Crippen LogP contribution in [0.25, 0.3) is 11.3 Å². The Morgan fingerprint density at radius 2 is 2.06 bits per heavy atom. The van der Waals surface area contributed by atoms with Gasteiger partial charge in [0.2, 0.25) is 6.29 Å². The van der Waals surface area contributed by atoms with Crippen molar-refractivity contribution in [2.45, 2.75) is 13.3 Å². The number of rotatable bonds is 4. The number of hydrogen-bond donors (Lipinski definition) is 0. The van der Waals surface area contributed by atoms with Gasteiger partial charge in [-0.25, -0.2) is 4.98 Å². The number of hydrogen-bond acceptors (Lipinski definition) is 4. The van der Waals surface area contributed by atoms with Crippen LogP contribution in [0.15, 0.2) is 28.7 Å². The Morgan fingerprint density at radius 1 is 1.35 bits per heavy atom. The van der Waals surface area contributed by atoms with E-state index in [1.807, 2.05) is 31.2 Å². The number of aromatic nitrogens is 1. The summed E-state index contributed by atoms with van der Waals surface area (Å²) in [5.74, 6) is 1.62. The van der Waals surface area contributed by atoms with Crippen molar-refractivity contribution < 1.29 is 13.9 Å². The molecule has 1 heterocycles. The molecule has 0 aliphatic carbocycles. The summed E-state index contributed by atoms with van der Waals surface area (Å²) in [6.45, 7) is 1.96. The molecule has 4 nitrogen and oxygen atoms in total. The fourth-order valence-electron chi connectivity index (χ4n) is 1.63. The Kier molecular flexibility index (Phi) is 3.23. The number of oxazole rings is 1. The normalized spacial score (nSPS) is 10.2. The van der Waals surface area contributed by atoms with E-state index in [1.54, 1.807) is 7.11 Å². The summed E-state index contributed by atoms with van der Waals surface area (Å²) in [7, 11) is 1.62. The van der Waals surface area contributed by atoms with Gasteiger partial charge in [0.05, 0.1) is 7.11 Å². The predicted molar refractivity (Wildman–Crippen MR) is 63.3 cm³/mol. The molecule has 0 spiro atoms. The molecule has 17 heavy (non-hydrogen) atoms. The molecule has 0 atom stereocenters. The van der Waals surface area contributed by atoms with E-state index in [0.717, 1.165) is 22.8 Å². The standard InChI is InChI=1S/C13H13NO3/c1-3-11-13(14-12(8-15)17-11)9-4-6-10(16-2)7-5-9/h4-8H,3H2,1-2H3. The Labute approximate surface area is 99.2 Å². The molecule has 0 saturated carbocycles. The molecule has 2 rings (SSSR count). The molecule has 4 heteroatoms. The van der Waals surface area contributed by atoms with Gasteiger partial charge in [0.15, 0.2) is 0 Å². The summed E-state index contributed by atoms with van der Waals surface area (Å²) >= 11 is 0. The summed E-state index contributed by atoms with van der Waals surface area (Å²) in [6.07, 6.45) is 1.31. The van der Waals surface area contributed by atoms with Gasteiger partial charge in [-0.2, -0.15) is 0 Å². The summed E-state index contributed by atoms with van der Waals surface area (Å²) in [6, 6.07) is 7.49. The van der Waals surface area contributed by atoms with Crippen molar-refractivity contribution in [1.82, 2.24) is 4.98 Å². The first-order chi connectivity index (χ1) is 8.28. The smallest absolute Gasteiger partial charge is 0.260 e. The van der Waals surface area contributed by atoms with Crippen molar-refractivity contribution in [3.05, 3.63) is 35.9 Å². The van der Waals surface area contributed by atoms with E-state index in [2.05, 4.69) is 4.98 Å². The number of aryl methyl sites for hydroxylation is 1. The molecule has 0 aliphatic rings. The lowest BCUT2D eigenvalue weighted by Crippen LogP contribution is -1.86. The van der Waals surface area contributed by atoms with Gasteiger partial charge in [-0.1, -0.05) is 6.92 Å². The van der Waals surface area contributed by atoms with Crippen molar-refractivity contribution in [3.63, 3.8) is 0 Å². The van der Waals surface area contributed by atoms with E-state index < -0.39 is 0 Å². The van der Waals surface area contributed by atoms with Crippen molar-refractivity contribution in [3.8, 4) is 17.0 Å². The summed E-state index contributed by atoms with van der Waals surface area (Å²) in [5.41, 5.74) is 1.64. The Hall–Kier alpha value is -2.10. The third kappa shape index (κ3) is 2.20. The van der Waals surface area contributed by atoms with E-state index >= 15 is 0 Å². The van der Waals surface area contributed by atoms with E-state index in [-0.39, 0.29) is 5.89 Å². The molecule has 0 N–H and O–H groups in total. The predicted octanol–water partition coefficient (Wildman–Crippen LogP) is 2.73. The molecular weight excluding hydrogens is 218 g/mol. The van der Waals surface area contributed by atoms with Crippen LogP contribution < -0.4 is 4.74 Å². The van der Waals surface area contributed by atoms with Crippen molar-refractivity contribution in [1.29, 1.82) is 0 Å². The van der Waals surface area contributed by atoms with E-state index in [1.165, 1.54) is 0 Å². The van der Waals surface area contributed by atoms with Gasteiger partial charge in [0.25, 0.3) is 5.89 Å². The fourth-order valence-corrected chi connectivity index (χ4v) is 1.63. The number of ether oxygens (including phenoxy) is 1. The maximum absolute atomic E-state index is 10.6. The number of carbonyl (C=O) groups excluding carboxylic acids is 1. The van der Waals surface area contributed by atoms with Gasteiger partial charge in [-0.15, -0.1) is 0 Å². The van der Waals surface area contributed by atoms with Gasteiger partial charge in [-0.05, 0) is 24.3 Å². The summed E-state index contributed by atoms with van der Waals surface area (Å²) < 4.78 is 10.4. The minimum Gasteiger partial charge on any atom is -0.497 e. The van der Waals surface area contributed by atoms with Gasteiger partial charge >= 0.3 is 0 Å². The average molecular weight is 231 g/mol. The lowest BCUT2D eigenvalue weighted by Gasteiger charge is -2.01. The number of aldehydes is 1. The Morgan fingerprint density at radius 3 is 2.59 bits per heavy atom. The van der Waals surface area contributed by atoms with Crippen LogP contribution in [0.3, 0.4) is 0 Å². The van der Waals surface area contributed by atoms with Crippen LogP contribution in [0.2, 0.25) is 0 Å². The van der Waals surface area contributed by atoms with Gasteiger partial charge in [-0.3, -0.25) is 4.79 Å². The van der Waals surface area contributed by atoms with Crippen molar-refractivity contribution in [2.24, 2.45) is 0 Å². The van der Waals surface area contributed by atoms with Gasteiger partial charge < -0.3 is 9.15 Å². The lowest BCUT2D eigenvalue weighted by molar-refractivity contribution is 0.109. The zero-order chi connectivity index (χ0) is 12.3. The first-order valence-electron chi connectivity index (χ1n) is 5.37. The van der Waals surface area contributed by atoms with Crippen molar-refractivity contribution >= 4 is 6.29 Å². The Bertz CT molecular complexity index is 514. The first kappa shape index (κ1) is 11.4. The second kappa shape index (κ2) is 4.82. The largest absolute Gasteiger partial charge is 0.497 e. The van der Waals surface area contributed by atoms with Crippen LogP contribution >= 0.6 is 0 Å². The maximum atomic E-state index is 10.6. The zero-order valence-corrected chi connectivity index (χ0v) is 9.77.